The normalized spacial score (nSPS) is 12.6. The van der Waals surface area contributed by atoms with Gasteiger partial charge in [0.05, 0.1) is 0 Å². The average molecular weight is 258 g/mol. The fraction of sp³-hybridized carbons (Fsp3) is 0.200. The van der Waals surface area contributed by atoms with E-state index in [4.69, 9.17) is 0 Å². The quantitative estimate of drug-likeness (QED) is 0.399. The molecule has 0 radical (unpaired) electrons. The smallest absolute Gasteiger partial charge is 0.00131 e. The largest absolute Gasteiger partial charge is 0.0587 e. The molecule has 0 atom stereocenters. The highest BCUT2D eigenvalue weighted by atomic mass is 14.2. The molecule has 4 rings (SSSR count). The lowest BCUT2D eigenvalue weighted by Gasteiger charge is -2.07. The SMILES string of the molecule is Cc1ccc2cc3c(cc2c1)Cc1cc(C)c(C)cc1-3. The summed E-state index contributed by atoms with van der Waals surface area (Å²) in [5, 5.41) is 2.71. The van der Waals surface area contributed by atoms with Crippen LogP contribution in [-0.2, 0) is 6.42 Å². The maximum Gasteiger partial charge on any atom is -0.00131 e. The molecular formula is C20H18. The van der Waals surface area contributed by atoms with Crippen molar-refractivity contribution in [3.8, 4) is 11.1 Å². The van der Waals surface area contributed by atoms with E-state index in [1.54, 1.807) is 0 Å². The maximum atomic E-state index is 2.38. The highest BCUT2D eigenvalue weighted by Crippen LogP contribution is 2.40. The fourth-order valence-corrected chi connectivity index (χ4v) is 3.34. The van der Waals surface area contributed by atoms with E-state index in [2.05, 4.69) is 63.2 Å². The van der Waals surface area contributed by atoms with Crippen LogP contribution in [0.4, 0.5) is 0 Å². The van der Waals surface area contributed by atoms with Crippen molar-refractivity contribution >= 4 is 10.8 Å². The molecule has 0 heterocycles. The summed E-state index contributed by atoms with van der Waals surface area (Å²) in [7, 11) is 0. The second-order valence-electron chi connectivity index (χ2n) is 6.13. The third-order valence-electron chi connectivity index (χ3n) is 4.61. The molecule has 3 aromatic carbocycles. The van der Waals surface area contributed by atoms with Crippen LogP contribution in [0.1, 0.15) is 27.8 Å². The molecule has 98 valence electrons. The minimum absolute atomic E-state index is 1.08. The topological polar surface area (TPSA) is 0 Å². The third-order valence-corrected chi connectivity index (χ3v) is 4.61. The Balaban J connectivity index is 2.01. The number of benzene rings is 3. The van der Waals surface area contributed by atoms with Gasteiger partial charge in [0.1, 0.15) is 0 Å². The molecule has 3 aromatic rings. The Labute approximate surface area is 120 Å². The molecule has 1 aliphatic carbocycles. The summed E-state index contributed by atoms with van der Waals surface area (Å²) in [6, 6.07) is 16.2. The first-order valence-corrected chi connectivity index (χ1v) is 7.25. The molecule has 0 fully saturated rings. The summed E-state index contributed by atoms with van der Waals surface area (Å²) in [5.41, 5.74) is 9.94. The zero-order valence-electron chi connectivity index (χ0n) is 12.2. The second kappa shape index (κ2) is 3.96. The van der Waals surface area contributed by atoms with Gasteiger partial charge in [0, 0.05) is 0 Å². The first-order chi connectivity index (χ1) is 9.61. The number of hydrogen-bond acceptors (Lipinski definition) is 0. The first kappa shape index (κ1) is 11.7. The summed E-state index contributed by atoms with van der Waals surface area (Å²) in [4.78, 5) is 0. The van der Waals surface area contributed by atoms with Crippen molar-refractivity contribution in [2.75, 3.05) is 0 Å². The monoisotopic (exact) mass is 258 g/mol. The van der Waals surface area contributed by atoms with E-state index in [1.165, 1.54) is 49.7 Å². The van der Waals surface area contributed by atoms with Gasteiger partial charge in [-0.3, -0.25) is 0 Å². The van der Waals surface area contributed by atoms with E-state index < -0.39 is 0 Å². The van der Waals surface area contributed by atoms with Crippen LogP contribution in [0.3, 0.4) is 0 Å². The van der Waals surface area contributed by atoms with Crippen molar-refractivity contribution in [1.82, 2.24) is 0 Å². The highest BCUT2D eigenvalue weighted by molar-refractivity contribution is 5.92. The summed E-state index contributed by atoms with van der Waals surface area (Å²) in [6.07, 6.45) is 1.08. The molecule has 20 heavy (non-hydrogen) atoms. The van der Waals surface area contributed by atoms with Gasteiger partial charge in [0.25, 0.3) is 0 Å². The van der Waals surface area contributed by atoms with E-state index in [1.807, 2.05) is 0 Å². The van der Waals surface area contributed by atoms with E-state index in [9.17, 15) is 0 Å². The zero-order valence-corrected chi connectivity index (χ0v) is 12.2. The van der Waals surface area contributed by atoms with Crippen LogP contribution in [0.25, 0.3) is 21.9 Å². The molecule has 0 N–H and O–H groups in total. The van der Waals surface area contributed by atoms with Crippen molar-refractivity contribution in [3.05, 3.63) is 70.3 Å². The molecule has 0 saturated carbocycles. The van der Waals surface area contributed by atoms with Gasteiger partial charge in [0.15, 0.2) is 0 Å². The molecule has 0 heteroatoms. The maximum absolute atomic E-state index is 2.38. The van der Waals surface area contributed by atoms with E-state index >= 15 is 0 Å². The lowest BCUT2D eigenvalue weighted by Crippen LogP contribution is -1.86. The molecule has 0 spiro atoms. The van der Waals surface area contributed by atoms with Crippen molar-refractivity contribution < 1.29 is 0 Å². The Morgan fingerprint density at radius 2 is 1.35 bits per heavy atom. The molecule has 0 unspecified atom stereocenters. The zero-order chi connectivity index (χ0) is 13.9. The Morgan fingerprint density at radius 1 is 0.650 bits per heavy atom. The molecule has 0 aliphatic heterocycles. The van der Waals surface area contributed by atoms with Crippen molar-refractivity contribution in [2.24, 2.45) is 0 Å². The molecule has 0 amide bonds. The van der Waals surface area contributed by atoms with Crippen LogP contribution in [0.2, 0.25) is 0 Å². The Morgan fingerprint density at radius 3 is 2.20 bits per heavy atom. The van der Waals surface area contributed by atoms with Crippen molar-refractivity contribution in [2.45, 2.75) is 27.2 Å². The number of fused-ring (bicyclic) bond motifs is 4. The highest BCUT2D eigenvalue weighted by Gasteiger charge is 2.19. The summed E-state index contributed by atoms with van der Waals surface area (Å²) in [5.74, 6) is 0. The molecule has 0 nitrogen and oxygen atoms in total. The Hall–Kier alpha value is -2.08. The van der Waals surface area contributed by atoms with Crippen molar-refractivity contribution in [1.29, 1.82) is 0 Å². The van der Waals surface area contributed by atoms with E-state index in [0.717, 1.165) is 6.42 Å². The first-order valence-electron chi connectivity index (χ1n) is 7.25. The van der Waals surface area contributed by atoms with Crippen molar-refractivity contribution in [3.63, 3.8) is 0 Å². The fourth-order valence-electron chi connectivity index (χ4n) is 3.34. The molecule has 0 bridgehead atoms. The van der Waals surface area contributed by atoms with Crippen LogP contribution >= 0.6 is 0 Å². The van der Waals surface area contributed by atoms with E-state index in [0.29, 0.717) is 0 Å². The lowest BCUT2D eigenvalue weighted by atomic mass is 9.97. The third kappa shape index (κ3) is 1.61. The van der Waals surface area contributed by atoms with Gasteiger partial charge in [0.2, 0.25) is 0 Å². The van der Waals surface area contributed by atoms with Gasteiger partial charge in [-0.05, 0) is 77.4 Å². The standard InChI is InChI=1S/C20H18/c1-12-4-5-15-11-20-18(9-16(15)6-12)10-17-7-13(2)14(3)8-19(17)20/h4-9,11H,10H2,1-3H3. The van der Waals surface area contributed by atoms with Crippen LogP contribution < -0.4 is 0 Å². The van der Waals surface area contributed by atoms with Crippen LogP contribution in [-0.4, -0.2) is 0 Å². The Kier molecular flexibility index (Phi) is 2.32. The summed E-state index contributed by atoms with van der Waals surface area (Å²) in [6.45, 7) is 6.57. The van der Waals surface area contributed by atoms with Gasteiger partial charge in [-0.15, -0.1) is 0 Å². The van der Waals surface area contributed by atoms with E-state index in [-0.39, 0.29) is 0 Å². The average Bonchev–Trinajstić information content (AvgIpc) is 2.73. The molecule has 1 aliphatic rings. The van der Waals surface area contributed by atoms with Crippen LogP contribution in [0.15, 0.2) is 42.5 Å². The number of rotatable bonds is 0. The minimum Gasteiger partial charge on any atom is -0.0587 e. The van der Waals surface area contributed by atoms with Gasteiger partial charge < -0.3 is 0 Å². The van der Waals surface area contributed by atoms with Gasteiger partial charge in [-0.2, -0.15) is 0 Å². The predicted octanol–water partition coefficient (Wildman–Crippen LogP) is 5.34. The lowest BCUT2D eigenvalue weighted by molar-refractivity contribution is 1.23. The minimum atomic E-state index is 1.08. The van der Waals surface area contributed by atoms with Crippen LogP contribution in [0.5, 0.6) is 0 Å². The summed E-state index contributed by atoms with van der Waals surface area (Å²) >= 11 is 0. The predicted molar refractivity (Wildman–Crippen MR) is 86.4 cm³/mol. The molecule has 0 aromatic heterocycles. The van der Waals surface area contributed by atoms with Crippen LogP contribution in [0, 0.1) is 20.8 Å². The van der Waals surface area contributed by atoms with Gasteiger partial charge >= 0.3 is 0 Å². The second-order valence-corrected chi connectivity index (χ2v) is 6.13. The molecule has 0 saturated heterocycles. The number of hydrogen-bond donors (Lipinski definition) is 0. The van der Waals surface area contributed by atoms with Gasteiger partial charge in [-0.1, -0.05) is 42.0 Å². The summed E-state index contributed by atoms with van der Waals surface area (Å²) < 4.78 is 0. The van der Waals surface area contributed by atoms with Gasteiger partial charge in [-0.25, -0.2) is 0 Å². The number of aryl methyl sites for hydroxylation is 3. The Bertz CT molecular complexity index is 854. The molecular weight excluding hydrogens is 240 g/mol.